The molecule has 0 radical (unpaired) electrons. The molecule has 0 saturated heterocycles. The van der Waals surface area contributed by atoms with E-state index in [9.17, 15) is 9.18 Å². The van der Waals surface area contributed by atoms with Crippen molar-refractivity contribution in [1.29, 1.82) is 0 Å². The highest BCUT2D eigenvalue weighted by atomic mass is 35.5. The number of aromatic nitrogens is 2. The van der Waals surface area contributed by atoms with Crippen molar-refractivity contribution in [3.63, 3.8) is 0 Å². The lowest BCUT2D eigenvalue weighted by Gasteiger charge is -2.10. The minimum Gasteiger partial charge on any atom is -0.307 e. The van der Waals surface area contributed by atoms with Crippen LogP contribution in [0.15, 0.2) is 60.8 Å². The Hall–Kier alpha value is -2.66. The number of rotatable bonds is 4. The summed E-state index contributed by atoms with van der Waals surface area (Å²) in [4.78, 5) is 12.2. The van der Waals surface area contributed by atoms with Gasteiger partial charge in [0, 0.05) is 16.7 Å². The molecule has 3 aromatic rings. The van der Waals surface area contributed by atoms with Crippen LogP contribution in [0.5, 0.6) is 0 Å². The number of hydrogen-bond acceptors (Lipinski definition) is 2. The molecular formula is C17H13ClFN3O. The highest BCUT2D eigenvalue weighted by Crippen LogP contribution is 2.18. The van der Waals surface area contributed by atoms with Crippen molar-refractivity contribution < 1.29 is 9.18 Å². The van der Waals surface area contributed by atoms with Gasteiger partial charge in [0.05, 0.1) is 12.7 Å². The fraction of sp³-hybridized carbons (Fsp3) is 0.0588. The first kappa shape index (κ1) is 15.2. The minimum atomic E-state index is -0.456. The summed E-state index contributed by atoms with van der Waals surface area (Å²) in [5, 5.41) is 7.54. The van der Waals surface area contributed by atoms with E-state index >= 15 is 0 Å². The zero-order valence-corrected chi connectivity index (χ0v) is 12.8. The second kappa shape index (κ2) is 6.62. The van der Waals surface area contributed by atoms with Gasteiger partial charge in [0.2, 0.25) is 0 Å². The molecule has 1 aromatic heterocycles. The molecule has 2 aromatic carbocycles. The molecular weight excluding hydrogens is 317 g/mol. The molecule has 0 bridgehead atoms. The number of nitrogens with zero attached hydrogens (tertiary/aromatic N) is 2. The molecule has 4 nitrogen and oxygen atoms in total. The molecule has 0 spiro atoms. The minimum absolute atomic E-state index is 0.246. The topological polar surface area (TPSA) is 46.9 Å². The number of nitrogens with one attached hydrogen (secondary N) is 1. The maximum atomic E-state index is 13.2. The van der Waals surface area contributed by atoms with E-state index in [0.29, 0.717) is 17.4 Å². The maximum absolute atomic E-state index is 13.2. The predicted octanol–water partition coefficient (Wildman–Crippen LogP) is 3.98. The summed E-state index contributed by atoms with van der Waals surface area (Å²) in [5.74, 6) is -0.341. The zero-order chi connectivity index (χ0) is 16.2. The monoisotopic (exact) mass is 329 g/mol. The summed E-state index contributed by atoms with van der Waals surface area (Å²) in [6.07, 6.45) is 1.58. The van der Waals surface area contributed by atoms with Gasteiger partial charge in [0.1, 0.15) is 11.6 Å². The van der Waals surface area contributed by atoms with E-state index in [1.165, 1.54) is 18.2 Å². The molecule has 0 saturated carbocycles. The van der Waals surface area contributed by atoms with Gasteiger partial charge in [-0.3, -0.25) is 4.79 Å². The lowest BCUT2D eigenvalue weighted by atomic mass is 10.2. The van der Waals surface area contributed by atoms with Crippen LogP contribution in [-0.4, -0.2) is 15.7 Å². The van der Waals surface area contributed by atoms with Gasteiger partial charge in [-0.25, -0.2) is 9.07 Å². The van der Waals surface area contributed by atoms with Crippen molar-refractivity contribution >= 4 is 23.3 Å². The average Bonchev–Trinajstić information content (AvgIpc) is 2.96. The Bertz CT molecular complexity index is 847. The largest absolute Gasteiger partial charge is 0.307 e. The Labute approximate surface area is 137 Å². The van der Waals surface area contributed by atoms with Gasteiger partial charge in [-0.1, -0.05) is 35.9 Å². The van der Waals surface area contributed by atoms with E-state index < -0.39 is 11.7 Å². The van der Waals surface area contributed by atoms with Crippen molar-refractivity contribution in [2.45, 2.75) is 6.54 Å². The molecule has 0 aliphatic rings. The van der Waals surface area contributed by atoms with Crippen LogP contribution in [0.3, 0.4) is 0 Å². The van der Waals surface area contributed by atoms with Crippen molar-refractivity contribution in [2.75, 3.05) is 5.32 Å². The molecule has 0 unspecified atom stereocenters. The van der Waals surface area contributed by atoms with Gasteiger partial charge < -0.3 is 5.32 Å². The quantitative estimate of drug-likeness (QED) is 0.787. The molecule has 1 N–H and O–H groups in total. The van der Waals surface area contributed by atoms with Crippen molar-refractivity contribution in [1.82, 2.24) is 9.78 Å². The fourth-order valence-electron chi connectivity index (χ4n) is 2.17. The highest BCUT2D eigenvalue weighted by Gasteiger charge is 2.11. The van der Waals surface area contributed by atoms with E-state index in [-0.39, 0.29) is 5.56 Å². The van der Waals surface area contributed by atoms with Crippen LogP contribution in [0, 0.1) is 5.82 Å². The van der Waals surface area contributed by atoms with E-state index in [0.717, 1.165) is 5.56 Å². The first-order valence-electron chi connectivity index (χ1n) is 6.95. The van der Waals surface area contributed by atoms with E-state index in [1.54, 1.807) is 29.1 Å². The third kappa shape index (κ3) is 3.57. The molecule has 0 fully saturated rings. The summed E-state index contributed by atoms with van der Waals surface area (Å²) in [5.41, 5.74) is 1.13. The van der Waals surface area contributed by atoms with Crippen LogP contribution in [0.4, 0.5) is 10.2 Å². The molecule has 3 rings (SSSR count). The summed E-state index contributed by atoms with van der Waals surface area (Å²) in [6, 6.07) is 14.6. The van der Waals surface area contributed by atoms with Crippen LogP contribution in [0.1, 0.15) is 15.9 Å². The van der Waals surface area contributed by atoms with Gasteiger partial charge in [-0.15, -0.1) is 0 Å². The van der Waals surface area contributed by atoms with Crippen LogP contribution < -0.4 is 5.32 Å². The Morgan fingerprint density at radius 2 is 2.00 bits per heavy atom. The molecule has 23 heavy (non-hydrogen) atoms. The normalized spacial score (nSPS) is 10.5. The molecule has 1 amide bonds. The van der Waals surface area contributed by atoms with Crippen LogP contribution in [-0.2, 0) is 6.54 Å². The zero-order valence-electron chi connectivity index (χ0n) is 12.0. The molecule has 1 heterocycles. The number of carbonyl (C=O) groups excluding carboxylic acids is 1. The Balaban J connectivity index is 1.79. The third-order valence-electron chi connectivity index (χ3n) is 3.32. The molecule has 116 valence electrons. The maximum Gasteiger partial charge on any atom is 0.256 e. The highest BCUT2D eigenvalue weighted by molar-refractivity contribution is 6.31. The SMILES string of the molecule is O=C(Nc1ccnn1Cc1ccccc1Cl)c1cccc(F)c1. The smallest absolute Gasteiger partial charge is 0.256 e. The molecule has 0 atom stereocenters. The molecule has 0 aliphatic heterocycles. The number of carbonyl (C=O) groups is 1. The standard InChI is InChI=1S/C17H13ClFN3O/c18-15-7-2-1-4-13(15)11-22-16(8-9-20-22)21-17(23)12-5-3-6-14(19)10-12/h1-10H,11H2,(H,21,23). The first-order chi connectivity index (χ1) is 11.1. The van der Waals surface area contributed by atoms with Crippen LogP contribution >= 0.6 is 11.6 Å². The Kier molecular flexibility index (Phi) is 4.39. The second-order valence-corrected chi connectivity index (χ2v) is 5.34. The number of anilines is 1. The fourth-order valence-corrected chi connectivity index (χ4v) is 2.37. The van der Waals surface area contributed by atoms with Gasteiger partial charge in [-0.05, 0) is 29.8 Å². The van der Waals surface area contributed by atoms with E-state index in [4.69, 9.17) is 11.6 Å². The van der Waals surface area contributed by atoms with Crippen LogP contribution in [0.25, 0.3) is 0 Å². The van der Waals surface area contributed by atoms with Crippen molar-refractivity contribution in [3.05, 3.63) is 82.8 Å². The third-order valence-corrected chi connectivity index (χ3v) is 3.69. The van der Waals surface area contributed by atoms with Gasteiger partial charge in [0.15, 0.2) is 0 Å². The summed E-state index contributed by atoms with van der Waals surface area (Å²) >= 11 is 6.14. The summed E-state index contributed by atoms with van der Waals surface area (Å²) in [7, 11) is 0. The first-order valence-corrected chi connectivity index (χ1v) is 7.33. The average molecular weight is 330 g/mol. The van der Waals surface area contributed by atoms with E-state index in [1.807, 2.05) is 18.2 Å². The van der Waals surface area contributed by atoms with E-state index in [2.05, 4.69) is 10.4 Å². The van der Waals surface area contributed by atoms with Gasteiger partial charge in [0.25, 0.3) is 5.91 Å². The van der Waals surface area contributed by atoms with Gasteiger partial charge in [-0.2, -0.15) is 5.10 Å². The summed E-state index contributed by atoms with van der Waals surface area (Å²) < 4.78 is 14.8. The second-order valence-electron chi connectivity index (χ2n) is 4.93. The van der Waals surface area contributed by atoms with Crippen molar-refractivity contribution in [3.8, 4) is 0 Å². The number of halogens is 2. The van der Waals surface area contributed by atoms with Gasteiger partial charge >= 0.3 is 0 Å². The predicted molar refractivity (Wildman–Crippen MR) is 87.1 cm³/mol. The number of amides is 1. The Morgan fingerprint density at radius 3 is 2.78 bits per heavy atom. The Morgan fingerprint density at radius 1 is 1.17 bits per heavy atom. The lowest BCUT2D eigenvalue weighted by molar-refractivity contribution is 0.102. The molecule has 0 aliphatic carbocycles. The number of hydrogen-bond donors (Lipinski definition) is 1. The lowest BCUT2D eigenvalue weighted by Crippen LogP contribution is -2.16. The van der Waals surface area contributed by atoms with Crippen molar-refractivity contribution in [2.24, 2.45) is 0 Å². The number of benzene rings is 2. The summed E-state index contributed by atoms with van der Waals surface area (Å²) in [6.45, 7) is 0.422. The molecule has 6 heteroatoms. The van der Waals surface area contributed by atoms with Crippen LogP contribution in [0.2, 0.25) is 5.02 Å².